The van der Waals surface area contributed by atoms with Gasteiger partial charge in [-0.2, -0.15) is 0 Å². The van der Waals surface area contributed by atoms with Crippen molar-refractivity contribution in [3.63, 3.8) is 0 Å². The van der Waals surface area contributed by atoms with Crippen molar-refractivity contribution in [2.45, 2.75) is 104 Å². The smallest absolute Gasteiger partial charge is 0.185 e. The van der Waals surface area contributed by atoms with Crippen molar-refractivity contribution in [2.75, 3.05) is 27.9 Å². The Balaban J connectivity index is 1.83. The molecule has 0 bridgehead atoms. The number of fused-ring (bicyclic) bond motifs is 5. The molecule has 0 aliphatic heterocycles. The Labute approximate surface area is 244 Å². The molecular formula is C30H53N3O5Si2. The van der Waals surface area contributed by atoms with Gasteiger partial charge in [0, 0.05) is 11.3 Å². The summed E-state index contributed by atoms with van der Waals surface area (Å²) in [5.41, 5.74) is 3.85. The fourth-order valence-corrected chi connectivity index (χ4v) is 10.7. The number of rotatable bonds is 9. The van der Waals surface area contributed by atoms with Crippen LogP contribution in [-0.4, -0.2) is 67.3 Å². The summed E-state index contributed by atoms with van der Waals surface area (Å²) in [5.74, 6) is 1.30. The molecule has 0 N–H and O–H groups in total. The van der Waals surface area contributed by atoms with Gasteiger partial charge in [0.1, 0.15) is 32.6 Å². The van der Waals surface area contributed by atoms with Crippen molar-refractivity contribution in [2.24, 2.45) is 44.1 Å². The van der Waals surface area contributed by atoms with Gasteiger partial charge in [-0.25, -0.2) is 0 Å². The molecule has 0 radical (unpaired) electrons. The zero-order valence-corrected chi connectivity index (χ0v) is 28.8. The Hall–Kier alpha value is -1.50. The first-order chi connectivity index (χ1) is 18.6. The summed E-state index contributed by atoms with van der Waals surface area (Å²) in [4.78, 5) is 16.3. The van der Waals surface area contributed by atoms with Crippen LogP contribution in [0.1, 0.15) is 58.8 Å². The molecule has 4 aliphatic carbocycles. The van der Waals surface area contributed by atoms with Gasteiger partial charge in [-0.05, 0) is 108 Å². The highest BCUT2D eigenvalue weighted by Gasteiger charge is 2.69. The highest BCUT2D eigenvalue weighted by Crippen LogP contribution is 2.68. The lowest BCUT2D eigenvalue weighted by Gasteiger charge is -2.60. The van der Waals surface area contributed by atoms with Crippen LogP contribution in [0.25, 0.3) is 0 Å². The Kier molecular flexibility index (Phi) is 8.88. The van der Waals surface area contributed by atoms with Crippen LogP contribution in [0.15, 0.2) is 27.1 Å². The Morgan fingerprint density at radius 3 is 2.20 bits per heavy atom. The summed E-state index contributed by atoms with van der Waals surface area (Å²) in [6, 6.07) is 0. The minimum absolute atomic E-state index is 0.0314. The zero-order chi connectivity index (χ0) is 29.6. The molecule has 226 valence electrons. The molecule has 0 aromatic heterocycles. The van der Waals surface area contributed by atoms with Gasteiger partial charge in [0.2, 0.25) is 0 Å². The van der Waals surface area contributed by atoms with Gasteiger partial charge in [-0.3, -0.25) is 0 Å². The summed E-state index contributed by atoms with van der Waals surface area (Å²) >= 11 is 0. The van der Waals surface area contributed by atoms with Crippen LogP contribution >= 0.6 is 0 Å². The molecule has 0 saturated heterocycles. The van der Waals surface area contributed by atoms with Gasteiger partial charge in [0.15, 0.2) is 16.6 Å². The summed E-state index contributed by atoms with van der Waals surface area (Å²) in [5, 5.41) is 13.8. The second-order valence-corrected chi connectivity index (χ2v) is 23.6. The SMILES string of the molecule is CON=C1C=C2CCC3C(C(=NOC)C[C@@]4(C)C3CC[C@]4(O[Si](C)(C)C)C(CO[Si](C)(C)C)=NOC)[C@@]2(C)CC1. The van der Waals surface area contributed by atoms with E-state index in [0.29, 0.717) is 24.4 Å². The molecule has 4 aliphatic rings. The highest BCUT2D eigenvalue weighted by molar-refractivity contribution is 6.70. The molecule has 0 amide bonds. The Morgan fingerprint density at radius 2 is 1.60 bits per heavy atom. The zero-order valence-electron chi connectivity index (χ0n) is 26.8. The molecule has 10 heteroatoms. The van der Waals surface area contributed by atoms with Crippen LogP contribution < -0.4 is 0 Å². The van der Waals surface area contributed by atoms with Crippen LogP contribution in [-0.2, 0) is 23.4 Å². The van der Waals surface area contributed by atoms with Gasteiger partial charge in [0.25, 0.3) is 0 Å². The van der Waals surface area contributed by atoms with Crippen molar-refractivity contribution in [3.05, 3.63) is 11.6 Å². The Bertz CT molecular complexity index is 1080. The average molecular weight is 592 g/mol. The predicted molar refractivity (Wildman–Crippen MR) is 167 cm³/mol. The van der Waals surface area contributed by atoms with E-state index in [2.05, 4.69) is 69.5 Å². The lowest BCUT2D eigenvalue weighted by Crippen LogP contribution is -2.64. The summed E-state index contributed by atoms with van der Waals surface area (Å²) in [6.45, 7) is 18.8. The minimum atomic E-state index is -2.01. The van der Waals surface area contributed by atoms with E-state index in [1.807, 2.05) is 0 Å². The van der Waals surface area contributed by atoms with E-state index in [1.165, 1.54) is 11.3 Å². The van der Waals surface area contributed by atoms with Gasteiger partial charge in [-0.1, -0.05) is 34.9 Å². The molecule has 3 saturated carbocycles. The molecule has 3 fully saturated rings. The normalized spacial score (nSPS) is 38.4. The third kappa shape index (κ3) is 5.62. The first-order valence-electron chi connectivity index (χ1n) is 15.0. The molecule has 0 spiro atoms. The largest absolute Gasteiger partial charge is 0.412 e. The van der Waals surface area contributed by atoms with E-state index in [0.717, 1.165) is 56.4 Å². The van der Waals surface area contributed by atoms with E-state index >= 15 is 0 Å². The predicted octanol–water partition coefficient (Wildman–Crippen LogP) is 7.01. The average Bonchev–Trinajstić information content (AvgIpc) is 3.12. The van der Waals surface area contributed by atoms with Crippen LogP contribution in [0.2, 0.25) is 39.3 Å². The van der Waals surface area contributed by atoms with E-state index in [-0.39, 0.29) is 10.8 Å². The van der Waals surface area contributed by atoms with E-state index < -0.39 is 22.2 Å². The van der Waals surface area contributed by atoms with Crippen molar-refractivity contribution >= 4 is 33.8 Å². The molecule has 40 heavy (non-hydrogen) atoms. The second-order valence-electron chi connectivity index (χ2n) is 14.7. The van der Waals surface area contributed by atoms with Crippen molar-refractivity contribution in [1.82, 2.24) is 0 Å². The second kappa shape index (κ2) is 11.3. The maximum atomic E-state index is 7.34. The van der Waals surface area contributed by atoms with Crippen LogP contribution in [0, 0.1) is 28.6 Å². The van der Waals surface area contributed by atoms with E-state index in [4.69, 9.17) is 28.5 Å². The fraction of sp³-hybridized carbons (Fsp3) is 0.833. The molecular weight excluding hydrogens is 539 g/mol. The number of nitrogens with zero attached hydrogens (tertiary/aromatic N) is 3. The van der Waals surface area contributed by atoms with Gasteiger partial charge in [0.05, 0.1) is 18.0 Å². The van der Waals surface area contributed by atoms with Gasteiger partial charge < -0.3 is 23.4 Å². The Morgan fingerprint density at radius 1 is 0.900 bits per heavy atom. The molecule has 0 heterocycles. The number of allylic oxidation sites excluding steroid dienone is 2. The van der Waals surface area contributed by atoms with Crippen LogP contribution in [0.5, 0.6) is 0 Å². The molecule has 0 aromatic carbocycles. The fourth-order valence-electron chi connectivity index (χ4n) is 8.65. The molecule has 3 unspecified atom stereocenters. The molecule has 6 atom stereocenters. The van der Waals surface area contributed by atoms with Crippen molar-refractivity contribution < 1.29 is 23.4 Å². The van der Waals surface area contributed by atoms with E-state index in [1.54, 1.807) is 21.3 Å². The maximum Gasteiger partial charge on any atom is 0.185 e. The number of hydrogen-bond acceptors (Lipinski definition) is 8. The third-order valence-electron chi connectivity index (χ3n) is 10.0. The monoisotopic (exact) mass is 591 g/mol. The molecule has 8 nitrogen and oxygen atoms in total. The number of hydrogen-bond donors (Lipinski definition) is 0. The maximum absolute atomic E-state index is 7.34. The van der Waals surface area contributed by atoms with E-state index in [9.17, 15) is 0 Å². The first kappa shape index (κ1) is 31.4. The quantitative estimate of drug-likeness (QED) is 0.164. The summed E-state index contributed by atoms with van der Waals surface area (Å²) in [6.07, 6.45) is 9.30. The standard InChI is InChI=1S/C30H53N3O5Si2/c1-28-16-14-22(31-34-3)18-21(28)12-13-23-24-15-17-30(38-40(9,10)11,26(33-36-5)20-37-39(6,7)8)29(24,2)19-25(27(23)28)32-35-4/h18,23-24,27H,12-17,19-20H2,1-11H3/t23?,24?,27?,28-,29-,30-/m0/s1. The molecule has 4 rings (SSSR count). The van der Waals surface area contributed by atoms with Crippen molar-refractivity contribution in [1.29, 1.82) is 0 Å². The van der Waals surface area contributed by atoms with Crippen LogP contribution in [0.3, 0.4) is 0 Å². The summed E-state index contributed by atoms with van der Waals surface area (Å²) < 4.78 is 13.8. The first-order valence-corrected chi connectivity index (χ1v) is 21.8. The topological polar surface area (TPSA) is 83.2 Å². The lowest BCUT2D eigenvalue weighted by molar-refractivity contribution is -0.0472. The van der Waals surface area contributed by atoms with Crippen LogP contribution in [0.4, 0.5) is 0 Å². The minimum Gasteiger partial charge on any atom is -0.412 e. The summed E-state index contributed by atoms with van der Waals surface area (Å²) in [7, 11) is 1.14. The lowest BCUT2D eigenvalue weighted by atomic mass is 9.45. The van der Waals surface area contributed by atoms with Gasteiger partial charge >= 0.3 is 0 Å². The van der Waals surface area contributed by atoms with Crippen molar-refractivity contribution in [3.8, 4) is 0 Å². The molecule has 0 aromatic rings. The highest BCUT2D eigenvalue weighted by atomic mass is 28.4. The van der Waals surface area contributed by atoms with Gasteiger partial charge in [-0.15, -0.1) is 0 Å². The third-order valence-corrected chi connectivity index (χ3v) is 12.0. The number of oxime groups is 3.